The summed E-state index contributed by atoms with van der Waals surface area (Å²) in [4.78, 5) is 78.0. The van der Waals surface area contributed by atoms with Crippen LogP contribution in [0.25, 0.3) is 0 Å². The summed E-state index contributed by atoms with van der Waals surface area (Å²) in [5.74, 6) is -7.57. The lowest BCUT2D eigenvalue weighted by Gasteiger charge is -2.13. The molecule has 0 spiro atoms. The number of hydrogen-bond donors (Lipinski definition) is 2. The Morgan fingerprint density at radius 1 is 0.703 bits per heavy atom. The lowest BCUT2D eigenvalue weighted by molar-refractivity contribution is -0.177. The highest BCUT2D eigenvalue weighted by Crippen LogP contribution is 2.21. The van der Waals surface area contributed by atoms with Crippen LogP contribution in [0.4, 0.5) is 9.59 Å². The van der Waals surface area contributed by atoms with Crippen molar-refractivity contribution in [2.45, 2.75) is 23.3 Å². The summed E-state index contributed by atoms with van der Waals surface area (Å²) >= 11 is 0. The second kappa shape index (κ2) is 10.9. The van der Waals surface area contributed by atoms with Gasteiger partial charge in [-0.05, 0) is 0 Å². The van der Waals surface area contributed by atoms with Crippen LogP contribution < -0.4 is 0 Å². The minimum absolute atomic E-state index is 0.275. The van der Waals surface area contributed by atoms with Gasteiger partial charge in [0.2, 0.25) is 0 Å². The summed E-state index contributed by atoms with van der Waals surface area (Å²) in [5, 5.41) is -4.93. The lowest BCUT2D eigenvalue weighted by atomic mass is 10.4. The lowest BCUT2D eigenvalue weighted by Crippen LogP contribution is -2.37. The Morgan fingerprint density at radius 3 is 1.30 bits per heavy atom. The van der Waals surface area contributed by atoms with Gasteiger partial charge in [0.15, 0.2) is 20.3 Å². The third-order valence-corrected chi connectivity index (χ3v) is 8.16. The van der Waals surface area contributed by atoms with Crippen LogP contribution in [-0.2, 0) is 68.4 Å². The van der Waals surface area contributed by atoms with E-state index in [9.17, 15) is 54.0 Å². The molecule has 0 aromatic carbocycles. The third kappa shape index (κ3) is 7.78. The van der Waals surface area contributed by atoms with E-state index in [0.29, 0.717) is 0 Å². The number of carbonyl (C=O) groups excluding carboxylic acids is 6. The summed E-state index contributed by atoms with van der Waals surface area (Å²) in [6.45, 7) is -1.81. The van der Waals surface area contributed by atoms with Crippen molar-refractivity contribution >= 4 is 66.0 Å². The number of carbonyl (C=O) groups is 6. The highest BCUT2D eigenvalue weighted by molar-refractivity contribution is 7.91. The van der Waals surface area contributed by atoms with E-state index in [4.69, 9.17) is 9.11 Å². The first-order chi connectivity index (χ1) is 16.8. The normalized spacial score (nSPS) is 20.8. The van der Waals surface area contributed by atoms with E-state index in [1.165, 1.54) is 0 Å². The molecule has 2 unspecified atom stereocenters. The number of amides is 4. The van der Waals surface area contributed by atoms with Crippen molar-refractivity contribution in [2.75, 3.05) is 24.7 Å². The number of nitrogens with zero attached hydrogens (tertiary/aromatic N) is 2. The van der Waals surface area contributed by atoms with Gasteiger partial charge in [0.05, 0.1) is 24.3 Å². The monoisotopic (exact) mass is 596 g/mol. The van der Waals surface area contributed by atoms with E-state index in [-0.39, 0.29) is 10.1 Å². The number of rotatable bonds is 10. The zero-order valence-electron chi connectivity index (χ0n) is 17.9. The molecule has 0 aliphatic carbocycles. The highest BCUT2D eigenvalue weighted by atomic mass is 32.2. The number of imide groups is 2. The molecule has 2 heterocycles. The first-order valence-electron chi connectivity index (χ1n) is 9.39. The fourth-order valence-electron chi connectivity index (χ4n) is 2.63. The maximum atomic E-state index is 11.9. The van der Waals surface area contributed by atoms with Crippen molar-refractivity contribution in [1.82, 2.24) is 10.1 Å². The zero-order valence-corrected chi connectivity index (χ0v) is 20.4. The Kier molecular flexibility index (Phi) is 8.79. The summed E-state index contributed by atoms with van der Waals surface area (Å²) in [6, 6.07) is 0. The Hall–Kier alpha value is -3.41. The van der Waals surface area contributed by atoms with E-state index in [1.807, 2.05) is 0 Å². The number of ether oxygens (including phenoxy) is 2. The van der Waals surface area contributed by atoms with Gasteiger partial charge < -0.3 is 9.47 Å². The highest BCUT2D eigenvalue weighted by Gasteiger charge is 2.49. The third-order valence-electron chi connectivity index (χ3n) is 4.40. The van der Waals surface area contributed by atoms with Crippen molar-refractivity contribution in [3.63, 3.8) is 0 Å². The molecule has 0 aromatic rings. The van der Waals surface area contributed by atoms with Crippen LogP contribution in [0.2, 0.25) is 0 Å². The van der Waals surface area contributed by atoms with Gasteiger partial charge in [0, 0.05) is 0 Å². The topological polar surface area (TPSA) is 289 Å². The molecule has 37 heavy (non-hydrogen) atoms. The van der Waals surface area contributed by atoms with Gasteiger partial charge in [0.25, 0.3) is 43.9 Å². The Balaban J connectivity index is 1.74. The van der Waals surface area contributed by atoms with E-state index in [0.717, 1.165) is 0 Å². The molecule has 2 aliphatic rings. The van der Waals surface area contributed by atoms with Gasteiger partial charge in [-0.25, -0.2) is 18.0 Å². The molecular formula is C14H16N2O18S3. The first kappa shape index (κ1) is 29.8. The average molecular weight is 596 g/mol. The smallest absolute Gasteiger partial charge is 0.432 e. The predicted molar refractivity (Wildman–Crippen MR) is 107 cm³/mol. The molecule has 2 fully saturated rings. The van der Waals surface area contributed by atoms with E-state index >= 15 is 0 Å². The molecule has 0 saturated carbocycles. The van der Waals surface area contributed by atoms with Crippen molar-refractivity contribution < 1.29 is 82.3 Å². The largest absolute Gasteiger partial charge is 0.533 e. The molecule has 2 aliphatic heterocycles. The molecule has 2 atom stereocenters. The minimum atomic E-state index is -4.96. The van der Waals surface area contributed by atoms with Crippen LogP contribution in [-0.4, -0.2) is 116 Å². The Morgan fingerprint density at radius 2 is 1.03 bits per heavy atom. The van der Waals surface area contributed by atoms with E-state index < -0.39 is 114 Å². The Bertz CT molecular complexity index is 1240. The van der Waals surface area contributed by atoms with Gasteiger partial charge in [0.1, 0.15) is 13.2 Å². The molecule has 4 amide bonds. The minimum Gasteiger partial charge on any atom is -0.432 e. The second-order valence-electron chi connectivity index (χ2n) is 7.00. The van der Waals surface area contributed by atoms with E-state index in [2.05, 4.69) is 19.1 Å². The average Bonchev–Trinajstić information content (AvgIpc) is 3.18. The quantitative estimate of drug-likeness (QED) is 0.141. The van der Waals surface area contributed by atoms with E-state index in [1.54, 1.807) is 0 Å². The van der Waals surface area contributed by atoms with Gasteiger partial charge in [-0.15, -0.1) is 0 Å². The Labute approximate surface area is 206 Å². The van der Waals surface area contributed by atoms with Crippen molar-refractivity contribution in [3.8, 4) is 0 Å². The van der Waals surface area contributed by atoms with Gasteiger partial charge in [-0.2, -0.15) is 16.8 Å². The molecule has 20 nitrogen and oxygen atoms in total. The summed E-state index contributed by atoms with van der Waals surface area (Å²) in [5.41, 5.74) is 0. The fraction of sp³-hybridized carbons (Fsp3) is 0.571. The molecule has 2 N–H and O–H groups in total. The molecule has 0 bridgehead atoms. The van der Waals surface area contributed by atoms with Crippen LogP contribution in [0.1, 0.15) is 12.8 Å². The first-order valence-corrected chi connectivity index (χ1v) is 14.2. The van der Waals surface area contributed by atoms with Crippen LogP contribution in [0.15, 0.2) is 0 Å². The second-order valence-corrected chi connectivity index (χ2v) is 12.5. The molecule has 2 rings (SSSR count). The maximum absolute atomic E-state index is 11.9. The standard InChI is InChI=1S/C14H16N2O18S3/c17-9-5-7(36(25,26)27)11(19)15(9)33-13(21)31-1-3-35(23,24)4-2-32-14(22)34-16-10(18)6-8(12(16)20)37(28,29)30/h7-8H,1-6H2,(H,25,26,27)(H,28,29,30). The summed E-state index contributed by atoms with van der Waals surface area (Å²) in [6.07, 6.45) is -5.56. The fourth-order valence-corrected chi connectivity index (χ4v) is 4.92. The van der Waals surface area contributed by atoms with Crippen molar-refractivity contribution in [2.24, 2.45) is 0 Å². The number of hydrogen-bond acceptors (Lipinski definition) is 16. The molecule has 0 radical (unpaired) electrons. The summed E-state index contributed by atoms with van der Waals surface area (Å²) in [7, 11) is -14.0. The molecule has 0 aromatic heterocycles. The summed E-state index contributed by atoms with van der Waals surface area (Å²) < 4.78 is 94.3. The molecule has 208 valence electrons. The van der Waals surface area contributed by atoms with Crippen LogP contribution in [0.3, 0.4) is 0 Å². The zero-order chi connectivity index (χ0) is 28.3. The van der Waals surface area contributed by atoms with Crippen molar-refractivity contribution in [1.29, 1.82) is 0 Å². The molecule has 2 saturated heterocycles. The van der Waals surface area contributed by atoms with Crippen LogP contribution in [0.5, 0.6) is 0 Å². The maximum Gasteiger partial charge on any atom is 0.533 e. The van der Waals surface area contributed by atoms with Crippen LogP contribution in [0, 0.1) is 0 Å². The predicted octanol–water partition coefficient (Wildman–Crippen LogP) is -3.43. The number of hydroxylamine groups is 4. The SMILES string of the molecule is O=C(OCCS(=O)(=O)CCOC(=O)ON1C(=O)CC(S(=O)(=O)O)C1=O)ON1C(=O)CC(S(=O)(=O)O)C1=O. The van der Waals surface area contributed by atoms with Crippen LogP contribution >= 0.6 is 0 Å². The van der Waals surface area contributed by atoms with Gasteiger partial charge >= 0.3 is 12.3 Å². The molecule has 23 heteroatoms. The number of sulfone groups is 1. The molecular weight excluding hydrogens is 580 g/mol. The van der Waals surface area contributed by atoms with Gasteiger partial charge in [-0.3, -0.25) is 38.0 Å². The van der Waals surface area contributed by atoms with Gasteiger partial charge in [-0.1, -0.05) is 10.1 Å². The van der Waals surface area contributed by atoms with Crippen molar-refractivity contribution in [3.05, 3.63) is 0 Å².